The first-order valence-corrected chi connectivity index (χ1v) is 6.93. The molecule has 4 heteroatoms. The summed E-state index contributed by atoms with van der Waals surface area (Å²) < 4.78 is 2.09. The second-order valence-electron chi connectivity index (χ2n) is 5.00. The van der Waals surface area contributed by atoms with E-state index in [4.69, 9.17) is 0 Å². The van der Waals surface area contributed by atoms with Gasteiger partial charge in [-0.2, -0.15) is 5.10 Å². The average molecular weight is 252 g/mol. The molecule has 0 bridgehead atoms. The fourth-order valence-electron chi connectivity index (χ4n) is 3.09. The van der Waals surface area contributed by atoms with Gasteiger partial charge in [0.1, 0.15) is 0 Å². The summed E-state index contributed by atoms with van der Waals surface area (Å²) in [5.41, 5.74) is 1.40. The summed E-state index contributed by atoms with van der Waals surface area (Å²) in [5.74, 6) is 0. The minimum absolute atomic E-state index is 0.127. The lowest BCUT2D eigenvalue weighted by molar-refractivity contribution is 0.0877. The molecule has 1 unspecified atom stereocenters. The second-order valence-corrected chi connectivity index (χ2v) is 5.00. The van der Waals surface area contributed by atoms with Gasteiger partial charge in [0.25, 0.3) is 0 Å². The van der Waals surface area contributed by atoms with E-state index in [1.54, 1.807) is 0 Å². The fraction of sp³-hybridized carbons (Fsp3) is 0.786. The standard InChI is InChI=1S/C14H28N4/c1-7-14(8-2,17(5)6)13(15-4)12-10-11-16-18(12)9-3/h10-11,13,15H,7-9H2,1-6H3. The van der Waals surface area contributed by atoms with Crippen LogP contribution in [0.3, 0.4) is 0 Å². The molecule has 104 valence electrons. The summed E-state index contributed by atoms with van der Waals surface area (Å²) in [5, 5.41) is 7.90. The Hall–Kier alpha value is -0.870. The van der Waals surface area contributed by atoms with Crippen LogP contribution in [-0.4, -0.2) is 41.4 Å². The zero-order chi connectivity index (χ0) is 13.8. The lowest BCUT2D eigenvalue weighted by atomic mass is 9.81. The Labute approximate surface area is 111 Å². The summed E-state index contributed by atoms with van der Waals surface area (Å²) in [6.45, 7) is 7.58. The molecule has 1 atom stereocenters. The molecule has 1 aromatic heterocycles. The van der Waals surface area contributed by atoms with Gasteiger partial charge in [-0.25, -0.2) is 0 Å². The van der Waals surface area contributed by atoms with Gasteiger partial charge in [0.05, 0.1) is 11.7 Å². The first-order chi connectivity index (χ1) is 8.57. The van der Waals surface area contributed by atoms with Crippen LogP contribution in [0.15, 0.2) is 12.3 Å². The quantitative estimate of drug-likeness (QED) is 0.808. The van der Waals surface area contributed by atoms with Crippen LogP contribution in [-0.2, 0) is 6.54 Å². The third-order valence-electron chi connectivity index (χ3n) is 4.29. The van der Waals surface area contributed by atoms with Gasteiger partial charge < -0.3 is 10.2 Å². The molecule has 0 saturated heterocycles. The van der Waals surface area contributed by atoms with Crippen LogP contribution in [0, 0.1) is 0 Å². The molecule has 0 aliphatic heterocycles. The van der Waals surface area contributed by atoms with Crippen molar-refractivity contribution >= 4 is 0 Å². The maximum Gasteiger partial charge on any atom is 0.0676 e. The van der Waals surface area contributed by atoms with E-state index < -0.39 is 0 Å². The Morgan fingerprint density at radius 2 is 1.94 bits per heavy atom. The third-order valence-corrected chi connectivity index (χ3v) is 4.29. The van der Waals surface area contributed by atoms with E-state index in [1.165, 1.54) is 5.69 Å². The Kier molecular flexibility index (Phi) is 5.35. The summed E-state index contributed by atoms with van der Waals surface area (Å²) in [6.07, 6.45) is 4.11. The smallest absolute Gasteiger partial charge is 0.0676 e. The van der Waals surface area contributed by atoms with Crippen LogP contribution < -0.4 is 5.32 Å². The Morgan fingerprint density at radius 3 is 2.33 bits per heavy atom. The van der Waals surface area contributed by atoms with Crippen molar-refractivity contribution in [2.45, 2.75) is 51.7 Å². The topological polar surface area (TPSA) is 33.1 Å². The number of aryl methyl sites for hydroxylation is 1. The molecule has 0 spiro atoms. The molecular formula is C14H28N4. The molecule has 18 heavy (non-hydrogen) atoms. The number of hydrogen-bond acceptors (Lipinski definition) is 3. The highest BCUT2D eigenvalue weighted by molar-refractivity contribution is 5.15. The highest BCUT2D eigenvalue weighted by Gasteiger charge is 2.39. The molecule has 1 rings (SSSR count). The van der Waals surface area contributed by atoms with Gasteiger partial charge in [-0.1, -0.05) is 13.8 Å². The average Bonchev–Trinajstić information content (AvgIpc) is 2.83. The van der Waals surface area contributed by atoms with Crippen molar-refractivity contribution in [2.24, 2.45) is 0 Å². The van der Waals surface area contributed by atoms with Crippen LogP contribution in [0.25, 0.3) is 0 Å². The van der Waals surface area contributed by atoms with Crippen molar-refractivity contribution < 1.29 is 0 Å². The third kappa shape index (κ3) is 2.45. The minimum Gasteiger partial charge on any atom is -0.310 e. The molecule has 0 aliphatic carbocycles. The van der Waals surface area contributed by atoms with Crippen LogP contribution >= 0.6 is 0 Å². The van der Waals surface area contributed by atoms with Crippen LogP contribution in [0.4, 0.5) is 0 Å². The van der Waals surface area contributed by atoms with Gasteiger partial charge in [0.2, 0.25) is 0 Å². The Bertz CT molecular complexity index is 352. The second kappa shape index (κ2) is 6.34. The molecule has 0 fully saturated rings. The van der Waals surface area contributed by atoms with E-state index in [9.17, 15) is 0 Å². The van der Waals surface area contributed by atoms with Gasteiger partial charge in [0.15, 0.2) is 0 Å². The SMILES string of the molecule is CCn1nccc1C(NC)C(CC)(CC)N(C)C. The molecular weight excluding hydrogens is 224 g/mol. The first-order valence-electron chi connectivity index (χ1n) is 6.93. The Morgan fingerprint density at radius 1 is 1.33 bits per heavy atom. The van der Waals surface area contributed by atoms with Crippen LogP contribution in [0.5, 0.6) is 0 Å². The zero-order valence-electron chi connectivity index (χ0n) is 12.7. The van der Waals surface area contributed by atoms with E-state index >= 15 is 0 Å². The summed E-state index contributed by atoms with van der Waals surface area (Å²) >= 11 is 0. The maximum atomic E-state index is 4.40. The number of rotatable bonds is 7. The zero-order valence-corrected chi connectivity index (χ0v) is 12.7. The van der Waals surface area contributed by atoms with E-state index in [-0.39, 0.29) is 5.54 Å². The molecule has 1 heterocycles. The predicted octanol–water partition coefficient (Wildman–Crippen LogP) is 2.28. The van der Waals surface area contributed by atoms with Gasteiger partial charge >= 0.3 is 0 Å². The van der Waals surface area contributed by atoms with Crippen molar-refractivity contribution in [1.29, 1.82) is 0 Å². The maximum absolute atomic E-state index is 4.40. The first kappa shape index (κ1) is 15.2. The molecule has 1 N–H and O–H groups in total. The van der Waals surface area contributed by atoms with Crippen LogP contribution in [0.1, 0.15) is 45.3 Å². The van der Waals surface area contributed by atoms with Crippen molar-refractivity contribution in [3.63, 3.8) is 0 Å². The van der Waals surface area contributed by atoms with Crippen LogP contribution in [0.2, 0.25) is 0 Å². The number of hydrogen-bond donors (Lipinski definition) is 1. The number of aromatic nitrogens is 2. The molecule has 0 saturated carbocycles. The van der Waals surface area contributed by atoms with Crippen molar-refractivity contribution in [3.8, 4) is 0 Å². The Balaban J connectivity index is 3.22. The summed E-state index contributed by atoms with van der Waals surface area (Å²) in [6, 6.07) is 2.43. The summed E-state index contributed by atoms with van der Waals surface area (Å²) in [7, 11) is 6.38. The van der Waals surface area contributed by atoms with E-state index in [2.05, 4.69) is 60.9 Å². The van der Waals surface area contributed by atoms with Gasteiger partial charge in [-0.05, 0) is 47.0 Å². The highest BCUT2D eigenvalue weighted by Crippen LogP contribution is 2.35. The molecule has 4 nitrogen and oxygen atoms in total. The van der Waals surface area contributed by atoms with Gasteiger partial charge in [0, 0.05) is 18.3 Å². The number of likely N-dealkylation sites (N-methyl/N-ethyl adjacent to an activating group) is 2. The normalized spacial score (nSPS) is 14.2. The van der Waals surface area contributed by atoms with E-state index in [0.29, 0.717) is 6.04 Å². The number of nitrogens with one attached hydrogen (secondary N) is 1. The largest absolute Gasteiger partial charge is 0.310 e. The van der Waals surface area contributed by atoms with Crippen molar-refractivity contribution in [2.75, 3.05) is 21.1 Å². The number of nitrogens with zero attached hydrogens (tertiary/aromatic N) is 3. The molecule has 0 aliphatic rings. The molecule has 0 radical (unpaired) electrons. The summed E-state index contributed by atoms with van der Waals surface area (Å²) in [4.78, 5) is 2.35. The van der Waals surface area contributed by atoms with Gasteiger partial charge in [-0.3, -0.25) is 4.68 Å². The van der Waals surface area contributed by atoms with E-state index in [0.717, 1.165) is 19.4 Å². The lowest BCUT2D eigenvalue weighted by Crippen LogP contribution is -2.53. The molecule has 0 aromatic carbocycles. The van der Waals surface area contributed by atoms with Crippen molar-refractivity contribution in [1.82, 2.24) is 20.0 Å². The highest BCUT2D eigenvalue weighted by atomic mass is 15.3. The lowest BCUT2D eigenvalue weighted by Gasteiger charge is -2.45. The predicted molar refractivity (Wildman–Crippen MR) is 76.7 cm³/mol. The fourth-order valence-corrected chi connectivity index (χ4v) is 3.09. The molecule has 1 aromatic rings. The minimum atomic E-state index is 0.127. The monoisotopic (exact) mass is 252 g/mol. The van der Waals surface area contributed by atoms with Gasteiger partial charge in [-0.15, -0.1) is 0 Å². The van der Waals surface area contributed by atoms with Crippen molar-refractivity contribution in [3.05, 3.63) is 18.0 Å². The molecule has 0 amide bonds. The van der Waals surface area contributed by atoms with E-state index in [1.807, 2.05) is 13.2 Å².